The first-order valence-electron chi connectivity index (χ1n) is 7.87. The third kappa shape index (κ3) is 3.48. The minimum absolute atomic E-state index is 0.176. The van der Waals surface area contributed by atoms with Gasteiger partial charge in [0.05, 0.1) is 10.2 Å². The molecule has 0 bridgehead atoms. The lowest BCUT2D eigenvalue weighted by molar-refractivity contribution is 0.493. The molecule has 3 rings (SSSR count). The van der Waals surface area contributed by atoms with Crippen LogP contribution < -0.4 is 4.43 Å². The second-order valence-electron chi connectivity index (χ2n) is 7.38. The van der Waals surface area contributed by atoms with Gasteiger partial charge in [0, 0.05) is 11.8 Å². The lowest BCUT2D eigenvalue weighted by Gasteiger charge is -2.36. The molecule has 0 radical (unpaired) electrons. The van der Waals surface area contributed by atoms with E-state index in [1.54, 1.807) is 23.6 Å². The maximum atomic E-state index is 6.39. The molecule has 0 aliphatic carbocycles. The summed E-state index contributed by atoms with van der Waals surface area (Å²) in [5, 5.41) is 1.61. The Morgan fingerprint density at radius 2 is 1.88 bits per heavy atom. The van der Waals surface area contributed by atoms with E-state index in [0.29, 0.717) is 5.15 Å². The molecule has 0 saturated heterocycles. The molecule has 0 amide bonds. The van der Waals surface area contributed by atoms with Crippen molar-refractivity contribution in [3.63, 3.8) is 0 Å². The zero-order valence-electron chi connectivity index (χ0n) is 14.6. The quantitative estimate of drug-likeness (QED) is 0.392. The Labute approximate surface area is 152 Å². The number of halogens is 1. The normalized spacial score (nSPS) is 12.6. The van der Waals surface area contributed by atoms with Crippen LogP contribution in [0.2, 0.25) is 23.3 Å². The van der Waals surface area contributed by atoms with Crippen molar-refractivity contribution in [3.8, 4) is 16.3 Å². The van der Waals surface area contributed by atoms with E-state index in [0.717, 1.165) is 26.5 Å². The number of hydrogen-bond donors (Lipinski definition) is 0. The maximum Gasteiger partial charge on any atom is 0.250 e. The molecule has 3 nitrogen and oxygen atoms in total. The monoisotopic (exact) mass is 376 g/mol. The molecule has 0 spiro atoms. The van der Waals surface area contributed by atoms with Crippen LogP contribution in [0.3, 0.4) is 0 Å². The first-order valence-corrected chi connectivity index (χ1v) is 12.0. The number of thiazole rings is 1. The molecule has 0 aliphatic rings. The highest BCUT2D eigenvalue weighted by Gasteiger charge is 2.39. The summed E-state index contributed by atoms with van der Waals surface area (Å²) in [6.45, 7) is 11.3. The van der Waals surface area contributed by atoms with E-state index in [1.807, 2.05) is 18.2 Å². The van der Waals surface area contributed by atoms with Crippen molar-refractivity contribution >= 4 is 41.5 Å². The summed E-state index contributed by atoms with van der Waals surface area (Å²) in [6, 6.07) is 9.88. The van der Waals surface area contributed by atoms with Gasteiger partial charge in [0.15, 0.2) is 0 Å². The first kappa shape index (κ1) is 17.4. The van der Waals surface area contributed by atoms with Crippen LogP contribution in [0.25, 0.3) is 20.8 Å². The predicted molar refractivity (Wildman–Crippen MR) is 106 cm³/mol. The molecule has 1 aromatic carbocycles. The number of benzene rings is 1. The summed E-state index contributed by atoms with van der Waals surface area (Å²) in [5.41, 5.74) is 1.96. The number of hydrogen-bond acceptors (Lipinski definition) is 4. The second kappa shape index (κ2) is 6.13. The van der Waals surface area contributed by atoms with Crippen LogP contribution in [0.4, 0.5) is 0 Å². The predicted octanol–water partition coefficient (Wildman–Crippen LogP) is 6.40. The third-order valence-corrected chi connectivity index (χ3v) is 10.2. The molecular formula is C18H21ClN2OSSi. The highest BCUT2D eigenvalue weighted by atomic mass is 35.5. The van der Waals surface area contributed by atoms with Gasteiger partial charge in [-0.05, 0) is 48.5 Å². The third-order valence-electron chi connectivity index (χ3n) is 4.51. The largest absolute Gasteiger partial charge is 0.543 e. The SMILES string of the molecule is CC(C)(C)[Si](C)(C)Oc1ccc2nc(-c3ccc(Cl)nc3)sc2c1. The number of fused-ring (bicyclic) bond motifs is 1. The summed E-state index contributed by atoms with van der Waals surface area (Å²) in [4.78, 5) is 8.82. The summed E-state index contributed by atoms with van der Waals surface area (Å²) in [6.07, 6.45) is 1.76. The molecule has 0 unspecified atom stereocenters. The molecule has 3 aromatic rings. The fraction of sp³-hybridized carbons (Fsp3) is 0.333. The van der Waals surface area contributed by atoms with E-state index in [1.165, 1.54) is 0 Å². The molecule has 6 heteroatoms. The zero-order chi connectivity index (χ0) is 17.5. The van der Waals surface area contributed by atoms with Crippen LogP contribution in [0.15, 0.2) is 36.5 Å². The summed E-state index contributed by atoms with van der Waals surface area (Å²) in [7, 11) is -1.84. The number of pyridine rings is 1. The highest BCUT2D eigenvalue weighted by Crippen LogP contribution is 2.39. The molecule has 0 N–H and O–H groups in total. The summed E-state index contributed by atoms with van der Waals surface area (Å²) < 4.78 is 7.51. The van der Waals surface area contributed by atoms with Crippen molar-refractivity contribution in [2.45, 2.75) is 38.9 Å². The van der Waals surface area contributed by atoms with Gasteiger partial charge in [0.2, 0.25) is 8.32 Å². The van der Waals surface area contributed by atoms with Crippen molar-refractivity contribution in [1.82, 2.24) is 9.97 Å². The van der Waals surface area contributed by atoms with Crippen molar-refractivity contribution < 1.29 is 4.43 Å². The Morgan fingerprint density at radius 1 is 1.12 bits per heavy atom. The zero-order valence-corrected chi connectivity index (χ0v) is 17.1. The summed E-state index contributed by atoms with van der Waals surface area (Å²) >= 11 is 7.50. The lowest BCUT2D eigenvalue weighted by atomic mass is 10.2. The Hall–Kier alpha value is -1.43. The lowest BCUT2D eigenvalue weighted by Crippen LogP contribution is -2.43. The van der Waals surface area contributed by atoms with Crippen molar-refractivity contribution in [3.05, 3.63) is 41.7 Å². The van der Waals surface area contributed by atoms with Crippen LogP contribution in [-0.4, -0.2) is 18.3 Å². The molecule has 126 valence electrons. The van der Waals surface area contributed by atoms with Gasteiger partial charge in [-0.15, -0.1) is 11.3 Å². The number of rotatable bonds is 3. The molecular weight excluding hydrogens is 356 g/mol. The number of aromatic nitrogens is 2. The van der Waals surface area contributed by atoms with Gasteiger partial charge in [-0.25, -0.2) is 9.97 Å². The van der Waals surface area contributed by atoms with Crippen LogP contribution >= 0.6 is 22.9 Å². The standard InChI is InChI=1S/C18H21ClN2OSSi/c1-18(2,3)24(4,5)22-13-7-8-14-15(10-13)23-17(21-14)12-6-9-16(19)20-11-12/h6-11H,1-5H3. The Morgan fingerprint density at radius 3 is 2.50 bits per heavy atom. The van der Waals surface area contributed by atoms with Crippen LogP contribution in [-0.2, 0) is 0 Å². The topological polar surface area (TPSA) is 35.0 Å². The Balaban J connectivity index is 1.93. The average Bonchev–Trinajstić information content (AvgIpc) is 2.89. The van der Waals surface area contributed by atoms with E-state index >= 15 is 0 Å². The Bertz CT molecular complexity index is 869. The minimum Gasteiger partial charge on any atom is -0.543 e. The smallest absolute Gasteiger partial charge is 0.250 e. The molecule has 2 aromatic heterocycles. The van der Waals surface area contributed by atoms with Gasteiger partial charge in [-0.1, -0.05) is 32.4 Å². The van der Waals surface area contributed by atoms with Gasteiger partial charge in [-0.3, -0.25) is 0 Å². The first-order chi connectivity index (χ1) is 11.2. The molecule has 0 saturated carbocycles. The van der Waals surface area contributed by atoms with Gasteiger partial charge in [0.1, 0.15) is 15.9 Å². The van der Waals surface area contributed by atoms with Crippen LogP contribution in [0.5, 0.6) is 5.75 Å². The van der Waals surface area contributed by atoms with E-state index in [2.05, 4.69) is 44.9 Å². The van der Waals surface area contributed by atoms with Crippen molar-refractivity contribution in [2.75, 3.05) is 0 Å². The fourth-order valence-electron chi connectivity index (χ4n) is 2.04. The number of nitrogens with zero attached hydrogens (tertiary/aromatic N) is 2. The Kier molecular flexibility index (Phi) is 4.44. The van der Waals surface area contributed by atoms with Gasteiger partial charge in [0.25, 0.3) is 0 Å². The fourth-order valence-corrected chi connectivity index (χ4v) is 4.16. The van der Waals surface area contributed by atoms with Crippen LogP contribution in [0.1, 0.15) is 20.8 Å². The minimum atomic E-state index is -1.84. The summed E-state index contributed by atoms with van der Waals surface area (Å²) in [5.74, 6) is 0.929. The van der Waals surface area contributed by atoms with Gasteiger partial charge in [-0.2, -0.15) is 0 Å². The van der Waals surface area contributed by atoms with E-state index in [9.17, 15) is 0 Å². The molecule has 0 fully saturated rings. The van der Waals surface area contributed by atoms with Crippen LogP contribution in [0, 0.1) is 0 Å². The van der Waals surface area contributed by atoms with Gasteiger partial charge >= 0.3 is 0 Å². The second-order valence-corrected chi connectivity index (χ2v) is 13.5. The molecule has 0 atom stereocenters. The average molecular weight is 377 g/mol. The van der Waals surface area contributed by atoms with E-state index in [-0.39, 0.29) is 5.04 Å². The van der Waals surface area contributed by atoms with Gasteiger partial charge < -0.3 is 4.43 Å². The van der Waals surface area contributed by atoms with Crippen molar-refractivity contribution in [2.24, 2.45) is 0 Å². The maximum absolute atomic E-state index is 6.39. The molecule has 0 aliphatic heterocycles. The molecule has 24 heavy (non-hydrogen) atoms. The van der Waals surface area contributed by atoms with Crippen molar-refractivity contribution in [1.29, 1.82) is 0 Å². The van der Waals surface area contributed by atoms with E-state index in [4.69, 9.17) is 21.0 Å². The molecule has 2 heterocycles. The van der Waals surface area contributed by atoms with E-state index < -0.39 is 8.32 Å². The highest BCUT2D eigenvalue weighted by molar-refractivity contribution is 7.21.